The van der Waals surface area contributed by atoms with Crippen LogP contribution in [-0.4, -0.2) is 42.0 Å². The maximum absolute atomic E-state index is 12.5. The first-order chi connectivity index (χ1) is 10.2. The second kappa shape index (κ2) is 6.04. The van der Waals surface area contributed by atoms with Crippen molar-refractivity contribution in [2.75, 3.05) is 13.2 Å². The zero-order valence-corrected chi connectivity index (χ0v) is 11.8. The molecular formula is C14H16F3NO4. The van der Waals surface area contributed by atoms with Crippen LogP contribution in [-0.2, 0) is 4.79 Å². The van der Waals surface area contributed by atoms with Crippen LogP contribution in [0.5, 0.6) is 11.5 Å². The standard InChI is InChI=1S/C14H16F3NO4/c1-13(20,14(15,16)17)6-12(19)18-7-9-8-21-10-4-2-3-5-11(10)22-9/h2-5,9,20H,6-8H2,1H3,(H,18,19)/t9-,13+/m1/s1. The Balaban J connectivity index is 1.83. The maximum atomic E-state index is 12.5. The van der Waals surface area contributed by atoms with E-state index in [0.29, 0.717) is 18.4 Å². The molecule has 2 atom stereocenters. The van der Waals surface area contributed by atoms with Crippen molar-refractivity contribution in [1.82, 2.24) is 5.32 Å². The number of hydrogen-bond donors (Lipinski definition) is 2. The molecule has 1 aromatic carbocycles. The Hall–Kier alpha value is -1.96. The summed E-state index contributed by atoms with van der Waals surface area (Å²) in [7, 11) is 0. The molecule has 1 aliphatic rings. The third-order valence-electron chi connectivity index (χ3n) is 3.21. The van der Waals surface area contributed by atoms with Crippen LogP contribution in [0, 0.1) is 0 Å². The first-order valence-corrected chi connectivity index (χ1v) is 6.63. The summed E-state index contributed by atoms with van der Waals surface area (Å²) in [6.07, 6.45) is -6.44. The number of para-hydroxylation sites is 2. The summed E-state index contributed by atoms with van der Waals surface area (Å²) in [6.45, 7) is 0.719. The molecule has 1 aliphatic heterocycles. The molecule has 0 spiro atoms. The number of aliphatic hydroxyl groups is 1. The molecule has 22 heavy (non-hydrogen) atoms. The minimum absolute atomic E-state index is 0.0128. The monoisotopic (exact) mass is 319 g/mol. The van der Waals surface area contributed by atoms with E-state index in [9.17, 15) is 23.1 Å². The Morgan fingerprint density at radius 2 is 2.00 bits per heavy atom. The Labute approximate surface area is 125 Å². The molecule has 2 rings (SSSR count). The molecule has 0 fully saturated rings. The summed E-state index contributed by atoms with van der Waals surface area (Å²) in [5, 5.41) is 11.6. The predicted molar refractivity (Wildman–Crippen MR) is 70.7 cm³/mol. The lowest BCUT2D eigenvalue weighted by molar-refractivity contribution is -0.253. The van der Waals surface area contributed by atoms with Crippen LogP contribution in [0.2, 0.25) is 0 Å². The predicted octanol–water partition coefficient (Wildman–Crippen LogP) is 1.65. The number of amides is 1. The summed E-state index contributed by atoms with van der Waals surface area (Å²) in [4.78, 5) is 11.5. The highest BCUT2D eigenvalue weighted by atomic mass is 19.4. The smallest absolute Gasteiger partial charge is 0.417 e. The van der Waals surface area contributed by atoms with Crippen molar-refractivity contribution >= 4 is 5.91 Å². The number of nitrogens with one attached hydrogen (secondary N) is 1. The van der Waals surface area contributed by atoms with Crippen molar-refractivity contribution in [3.05, 3.63) is 24.3 Å². The van der Waals surface area contributed by atoms with Gasteiger partial charge in [-0.3, -0.25) is 4.79 Å². The molecule has 5 nitrogen and oxygen atoms in total. The van der Waals surface area contributed by atoms with E-state index in [-0.39, 0.29) is 13.2 Å². The fraction of sp³-hybridized carbons (Fsp3) is 0.500. The summed E-state index contributed by atoms with van der Waals surface area (Å²) >= 11 is 0. The normalized spacial score (nSPS) is 20.1. The van der Waals surface area contributed by atoms with Gasteiger partial charge in [-0.15, -0.1) is 0 Å². The van der Waals surface area contributed by atoms with E-state index in [2.05, 4.69) is 5.32 Å². The molecule has 0 radical (unpaired) electrons. The van der Waals surface area contributed by atoms with E-state index < -0.39 is 30.2 Å². The van der Waals surface area contributed by atoms with Crippen molar-refractivity contribution < 1.29 is 32.5 Å². The van der Waals surface area contributed by atoms with Gasteiger partial charge < -0.3 is 19.9 Å². The number of alkyl halides is 3. The summed E-state index contributed by atoms with van der Waals surface area (Å²) in [5.74, 6) is 0.171. The molecule has 0 bridgehead atoms. The molecule has 2 N–H and O–H groups in total. The van der Waals surface area contributed by atoms with Crippen molar-refractivity contribution in [2.24, 2.45) is 0 Å². The summed E-state index contributed by atoms with van der Waals surface area (Å²) in [6, 6.07) is 6.95. The van der Waals surface area contributed by atoms with Gasteiger partial charge in [0.1, 0.15) is 12.7 Å². The van der Waals surface area contributed by atoms with Crippen LogP contribution in [0.3, 0.4) is 0 Å². The topological polar surface area (TPSA) is 67.8 Å². The molecule has 1 heterocycles. The van der Waals surface area contributed by atoms with Gasteiger partial charge in [0.2, 0.25) is 5.91 Å². The van der Waals surface area contributed by atoms with Crippen molar-refractivity contribution in [2.45, 2.75) is 31.2 Å². The number of rotatable bonds is 4. The van der Waals surface area contributed by atoms with Crippen molar-refractivity contribution in [3.63, 3.8) is 0 Å². The Bertz CT molecular complexity index is 545. The first-order valence-electron chi connectivity index (χ1n) is 6.63. The van der Waals surface area contributed by atoms with E-state index in [0.717, 1.165) is 0 Å². The maximum Gasteiger partial charge on any atom is 0.417 e. The first kappa shape index (κ1) is 16.4. The van der Waals surface area contributed by atoms with Gasteiger partial charge in [-0.25, -0.2) is 0 Å². The van der Waals surface area contributed by atoms with Gasteiger partial charge in [-0.05, 0) is 19.1 Å². The lowest BCUT2D eigenvalue weighted by atomic mass is 10.0. The van der Waals surface area contributed by atoms with Crippen LogP contribution < -0.4 is 14.8 Å². The fourth-order valence-electron chi connectivity index (χ4n) is 1.87. The molecule has 0 aliphatic carbocycles. The molecule has 0 aromatic heterocycles. The number of carbonyl (C=O) groups excluding carboxylic acids is 1. The average Bonchev–Trinajstić information content (AvgIpc) is 2.43. The number of fused-ring (bicyclic) bond motifs is 1. The summed E-state index contributed by atoms with van der Waals surface area (Å²) < 4.78 is 48.4. The minimum atomic E-state index is -4.87. The van der Waals surface area contributed by atoms with Gasteiger partial charge in [0.05, 0.1) is 13.0 Å². The van der Waals surface area contributed by atoms with Gasteiger partial charge >= 0.3 is 6.18 Å². The average molecular weight is 319 g/mol. The lowest BCUT2D eigenvalue weighted by Gasteiger charge is -2.28. The third kappa shape index (κ3) is 3.82. The molecule has 0 saturated carbocycles. The van der Waals surface area contributed by atoms with Crippen molar-refractivity contribution in [1.29, 1.82) is 0 Å². The van der Waals surface area contributed by atoms with E-state index >= 15 is 0 Å². The highest BCUT2D eigenvalue weighted by Crippen LogP contribution is 2.33. The van der Waals surface area contributed by atoms with E-state index in [4.69, 9.17) is 9.47 Å². The zero-order valence-electron chi connectivity index (χ0n) is 11.8. The van der Waals surface area contributed by atoms with Crippen LogP contribution in [0.15, 0.2) is 24.3 Å². The second-order valence-electron chi connectivity index (χ2n) is 5.25. The molecule has 122 valence electrons. The van der Waals surface area contributed by atoms with Crippen molar-refractivity contribution in [3.8, 4) is 11.5 Å². The van der Waals surface area contributed by atoms with Gasteiger partial charge in [-0.2, -0.15) is 13.2 Å². The molecular weight excluding hydrogens is 303 g/mol. The van der Waals surface area contributed by atoms with Gasteiger partial charge in [0.25, 0.3) is 0 Å². The quantitative estimate of drug-likeness (QED) is 0.885. The Morgan fingerprint density at radius 3 is 2.64 bits per heavy atom. The van der Waals surface area contributed by atoms with Crippen LogP contribution >= 0.6 is 0 Å². The van der Waals surface area contributed by atoms with Gasteiger partial charge in [-0.1, -0.05) is 12.1 Å². The third-order valence-corrected chi connectivity index (χ3v) is 3.21. The van der Waals surface area contributed by atoms with Gasteiger partial charge in [0.15, 0.2) is 17.1 Å². The van der Waals surface area contributed by atoms with E-state index in [1.807, 2.05) is 0 Å². The van der Waals surface area contributed by atoms with Gasteiger partial charge in [0, 0.05) is 0 Å². The zero-order chi connectivity index (χ0) is 16.4. The molecule has 0 unspecified atom stereocenters. The van der Waals surface area contributed by atoms with E-state index in [1.54, 1.807) is 24.3 Å². The number of hydrogen-bond acceptors (Lipinski definition) is 4. The molecule has 1 aromatic rings. The number of ether oxygens (including phenoxy) is 2. The molecule has 1 amide bonds. The minimum Gasteiger partial charge on any atom is -0.486 e. The molecule has 0 saturated heterocycles. The fourth-order valence-corrected chi connectivity index (χ4v) is 1.87. The van der Waals surface area contributed by atoms with Crippen LogP contribution in [0.1, 0.15) is 13.3 Å². The Morgan fingerprint density at radius 1 is 1.36 bits per heavy atom. The summed E-state index contributed by atoms with van der Waals surface area (Å²) in [5.41, 5.74) is -3.06. The van der Waals surface area contributed by atoms with Crippen LogP contribution in [0.25, 0.3) is 0 Å². The number of halogens is 3. The van der Waals surface area contributed by atoms with E-state index in [1.165, 1.54) is 0 Å². The highest BCUT2D eigenvalue weighted by molar-refractivity contribution is 5.77. The van der Waals surface area contributed by atoms with Crippen LogP contribution in [0.4, 0.5) is 13.2 Å². The number of benzene rings is 1. The lowest BCUT2D eigenvalue weighted by Crippen LogP contribution is -2.48. The second-order valence-corrected chi connectivity index (χ2v) is 5.25. The largest absolute Gasteiger partial charge is 0.486 e. The SMILES string of the molecule is C[C@](O)(CC(=O)NC[C@@H]1COc2ccccc2O1)C(F)(F)F. The highest BCUT2D eigenvalue weighted by Gasteiger charge is 2.50. The molecule has 8 heteroatoms. The number of carbonyl (C=O) groups is 1. The Kier molecular flexibility index (Phi) is 4.50.